The van der Waals surface area contributed by atoms with E-state index in [0.29, 0.717) is 29.6 Å². The van der Waals surface area contributed by atoms with Crippen LogP contribution in [0.15, 0.2) is 28.0 Å². The zero-order chi connectivity index (χ0) is 22.3. The Morgan fingerprint density at radius 1 is 1.12 bits per heavy atom. The molecule has 0 aromatic rings. The molecule has 0 aromatic carbocycles. The molecule has 6 rings (SSSR count). The first-order chi connectivity index (χ1) is 15.4. The smallest absolute Gasteiger partial charge is 0.163 e. The SMILES string of the molecule is CC1=C2C(=O)C3C(CC=C4CC(N=O)CCC43C)C2CCC12CCC1CCCNC1C2C. The molecule has 9 atom stereocenters. The molecule has 1 spiro atoms. The number of nitrogens with zero attached hydrogens (tertiary/aromatic N) is 1. The van der Waals surface area contributed by atoms with Gasteiger partial charge >= 0.3 is 0 Å². The summed E-state index contributed by atoms with van der Waals surface area (Å²) in [6.45, 7) is 8.32. The summed E-state index contributed by atoms with van der Waals surface area (Å²) in [7, 11) is 0. The number of hydrogen-bond acceptors (Lipinski definition) is 4. The number of Topliss-reactive ketones (excluding diaryl/α,β-unsaturated/α-hetero) is 1. The van der Waals surface area contributed by atoms with Crippen molar-refractivity contribution >= 4 is 5.78 Å². The molecule has 5 aliphatic carbocycles. The van der Waals surface area contributed by atoms with Crippen molar-refractivity contribution in [2.24, 2.45) is 45.6 Å². The van der Waals surface area contributed by atoms with Crippen molar-refractivity contribution in [1.29, 1.82) is 0 Å². The van der Waals surface area contributed by atoms with Crippen LogP contribution in [0.3, 0.4) is 0 Å². The van der Waals surface area contributed by atoms with Gasteiger partial charge in [-0.1, -0.05) is 36.2 Å². The van der Waals surface area contributed by atoms with E-state index in [9.17, 15) is 9.70 Å². The predicted octanol–water partition coefficient (Wildman–Crippen LogP) is 5.97. The first kappa shape index (κ1) is 21.3. The summed E-state index contributed by atoms with van der Waals surface area (Å²) in [4.78, 5) is 25.4. The fourth-order valence-electron chi connectivity index (χ4n) is 9.78. The van der Waals surface area contributed by atoms with Gasteiger partial charge in [0.1, 0.15) is 0 Å². The molecule has 1 aliphatic heterocycles. The fourth-order valence-corrected chi connectivity index (χ4v) is 9.78. The summed E-state index contributed by atoms with van der Waals surface area (Å²) in [5.74, 6) is 2.98. The quantitative estimate of drug-likeness (QED) is 0.407. The van der Waals surface area contributed by atoms with E-state index in [0.717, 1.165) is 38.1 Å². The number of nitrogens with one attached hydrogen (secondary N) is 1. The molecule has 1 N–H and O–H groups in total. The van der Waals surface area contributed by atoms with Gasteiger partial charge < -0.3 is 5.32 Å². The average molecular weight is 437 g/mol. The molecular weight excluding hydrogens is 396 g/mol. The number of fused-ring (bicyclic) bond motifs is 6. The highest BCUT2D eigenvalue weighted by atomic mass is 16.3. The molecule has 9 unspecified atom stereocenters. The molecule has 0 aromatic heterocycles. The van der Waals surface area contributed by atoms with Crippen LogP contribution in [0.4, 0.5) is 0 Å². The Kier molecular flexibility index (Phi) is 4.88. The molecule has 1 heterocycles. The van der Waals surface area contributed by atoms with Crippen LogP contribution < -0.4 is 5.32 Å². The number of carbonyl (C=O) groups excluding carboxylic acids is 1. The summed E-state index contributed by atoms with van der Waals surface area (Å²) >= 11 is 0. The molecule has 0 bridgehead atoms. The van der Waals surface area contributed by atoms with Crippen LogP contribution in [-0.2, 0) is 4.79 Å². The van der Waals surface area contributed by atoms with Crippen LogP contribution in [0.25, 0.3) is 0 Å². The second kappa shape index (κ2) is 7.35. The third-order valence-corrected chi connectivity index (χ3v) is 11.6. The topological polar surface area (TPSA) is 58.5 Å². The molecule has 0 amide bonds. The third kappa shape index (κ3) is 2.68. The lowest BCUT2D eigenvalue weighted by Gasteiger charge is -2.55. The van der Waals surface area contributed by atoms with Gasteiger partial charge in [0.25, 0.3) is 0 Å². The van der Waals surface area contributed by atoms with Gasteiger partial charge in [0.05, 0.1) is 6.04 Å². The van der Waals surface area contributed by atoms with Gasteiger partial charge in [0.2, 0.25) is 0 Å². The summed E-state index contributed by atoms with van der Waals surface area (Å²) < 4.78 is 0. The maximum absolute atomic E-state index is 14.2. The van der Waals surface area contributed by atoms with E-state index in [1.165, 1.54) is 55.2 Å². The van der Waals surface area contributed by atoms with Gasteiger partial charge in [-0.05, 0) is 118 Å². The average Bonchev–Trinajstić information content (AvgIpc) is 3.11. The molecule has 4 nitrogen and oxygen atoms in total. The van der Waals surface area contributed by atoms with Crippen molar-refractivity contribution in [3.63, 3.8) is 0 Å². The number of allylic oxidation sites excluding steroid dienone is 3. The van der Waals surface area contributed by atoms with E-state index in [-0.39, 0.29) is 22.8 Å². The second-order valence-corrected chi connectivity index (χ2v) is 12.4. The maximum atomic E-state index is 14.2. The normalized spacial score (nSPS) is 50.3. The van der Waals surface area contributed by atoms with Crippen molar-refractivity contribution in [3.05, 3.63) is 27.7 Å². The van der Waals surface area contributed by atoms with Crippen molar-refractivity contribution in [2.75, 3.05) is 6.54 Å². The lowest BCUT2D eigenvalue weighted by Crippen LogP contribution is -2.55. The highest BCUT2D eigenvalue weighted by Gasteiger charge is 2.61. The Morgan fingerprint density at radius 3 is 2.75 bits per heavy atom. The Labute approximate surface area is 193 Å². The van der Waals surface area contributed by atoms with Gasteiger partial charge in [-0.3, -0.25) is 4.79 Å². The monoisotopic (exact) mass is 436 g/mol. The van der Waals surface area contributed by atoms with E-state index in [4.69, 9.17) is 0 Å². The minimum absolute atomic E-state index is 0.0623. The van der Waals surface area contributed by atoms with Crippen LogP contribution in [-0.4, -0.2) is 24.4 Å². The number of nitroso groups, excluding NO2 is 1. The first-order valence-corrected chi connectivity index (χ1v) is 13.4. The Morgan fingerprint density at radius 2 is 1.94 bits per heavy atom. The minimum Gasteiger partial charge on any atom is -0.313 e. The highest BCUT2D eigenvalue weighted by Crippen LogP contribution is 2.65. The molecule has 0 radical (unpaired) electrons. The number of hydrogen-bond donors (Lipinski definition) is 1. The number of ketones is 1. The fraction of sp³-hybridized carbons (Fsp3) is 0.821. The van der Waals surface area contributed by atoms with Crippen LogP contribution in [0.1, 0.15) is 85.0 Å². The van der Waals surface area contributed by atoms with E-state index >= 15 is 0 Å². The molecule has 3 saturated carbocycles. The maximum Gasteiger partial charge on any atom is 0.163 e. The Hall–Kier alpha value is -1.29. The minimum atomic E-state index is -0.0899. The van der Waals surface area contributed by atoms with Crippen LogP contribution in [0.5, 0.6) is 0 Å². The molecule has 32 heavy (non-hydrogen) atoms. The summed E-state index contributed by atoms with van der Waals surface area (Å²) in [5, 5.41) is 7.25. The second-order valence-electron chi connectivity index (χ2n) is 12.4. The van der Waals surface area contributed by atoms with Crippen LogP contribution in [0.2, 0.25) is 0 Å². The predicted molar refractivity (Wildman–Crippen MR) is 127 cm³/mol. The van der Waals surface area contributed by atoms with Gasteiger partial charge in [-0.2, -0.15) is 4.91 Å². The molecular formula is C28H40N2O2. The van der Waals surface area contributed by atoms with Gasteiger partial charge in [0.15, 0.2) is 5.78 Å². The summed E-state index contributed by atoms with van der Waals surface area (Å²) in [6, 6.07) is 0.535. The standard InChI is InChI=1S/C28H40N2O2/c1-16-23-21(10-13-28(16)12-8-18-5-4-14-29-25(18)17(28)2)22-7-6-19-15-20(30-32)9-11-27(19,3)24(22)26(23)31/h6,17-18,20-22,24-25,29H,4-5,7-15H2,1-3H3. The summed E-state index contributed by atoms with van der Waals surface area (Å²) in [6.07, 6.45) is 13.7. The molecule has 1 saturated heterocycles. The van der Waals surface area contributed by atoms with Gasteiger partial charge in [-0.15, -0.1) is 0 Å². The molecule has 6 aliphatic rings. The van der Waals surface area contributed by atoms with Gasteiger partial charge in [-0.25, -0.2) is 0 Å². The lowest BCUT2D eigenvalue weighted by molar-refractivity contribution is -0.122. The Bertz CT molecular complexity index is 905. The number of rotatable bonds is 1. The number of piperidine rings is 1. The molecule has 4 fully saturated rings. The van der Waals surface area contributed by atoms with Crippen molar-refractivity contribution in [3.8, 4) is 0 Å². The molecule has 4 heteroatoms. The van der Waals surface area contributed by atoms with E-state index in [2.05, 4.69) is 37.3 Å². The van der Waals surface area contributed by atoms with Crippen molar-refractivity contribution in [1.82, 2.24) is 5.32 Å². The van der Waals surface area contributed by atoms with Crippen molar-refractivity contribution < 1.29 is 4.79 Å². The molecule has 174 valence electrons. The number of carbonyl (C=O) groups is 1. The first-order valence-electron chi connectivity index (χ1n) is 13.4. The zero-order valence-electron chi connectivity index (χ0n) is 20.2. The van der Waals surface area contributed by atoms with Crippen LogP contribution in [0, 0.1) is 45.3 Å². The van der Waals surface area contributed by atoms with Crippen LogP contribution >= 0.6 is 0 Å². The zero-order valence-corrected chi connectivity index (χ0v) is 20.2. The Balaban J connectivity index is 1.37. The van der Waals surface area contributed by atoms with Gasteiger partial charge in [0, 0.05) is 12.0 Å². The van der Waals surface area contributed by atoms with E-state index < -0.39 is 0 Å². The largest absolute Gasteiger partial charge is 0.313 e. The van der Waals surface area contributed by atoms with E-state index in [1.54, 1.807) is 0 Å². The summed E-state index contributed by atoms with van der Waals surface area (Å²) in [5.41, 5.74) is 4.23. The van der Waals surface area contributed by atoms with Crippen molar-refractivity contribution in [2.45, 2.75) is 97.1 Å². The highest BCUT2D eigenvalue weighted by molar-refractivity contribution is 6.02. The lowest BCUT2D eigenvalue weighted by atomic mass is 9.52. The van der Waals surface area contributed by atoms with E-state index in [1.807, 2.05) is 0 Å². The third-order valence-electron chi connectivity index (χ3n) is 11.6.